The fourth-order valence-electron chi connectivity index (χ4n) is 6.92. The molecule has 7 rings (SSSR count). The van der Waals surface area contributed by atoms with Crippen LogP contribution in [0.2, 0.25) is 10.0 Å². The van der Waals surface area contributed by atoms with E-state index in [1.54, 1.807) is 36.4 Å². The van der Waals surface area contributed by atoms with Crippen molar-refractivity contribution in [3.05, 3.63) is 128 Å². The molecule has 2 heterocycles. The van der Waals surface area contributed by atoms with Gasteiger partial charge in [0.05, 0.1) is 33.6 Å². The van der Waals surface area contributed by atoms with Crippen molar-refractivity contribution in [1.29, 1.82) is 0 Å². The van der Waals surface area contributed by atoms with Crippen LogP contribution in [0.15, 0.2) is 78.9 Å². The van der Waals surface area contributed by atoms with Crippen LogP contribution in [-0.4, -0.2) is 23.6 Å². The number of hydrogen-bond donors (Lipinski definition) is 0. The Morgan fingerprint density at radius 3 is 1.57 bits per heavy atom. The SMILES string of the molecule is CC1(C)CC(C)(c2ccc(N3C(=O)c4ccc(Cl)cc4C3=O)cc2)c2cc(N3C(=O)c4ccc(Cl)cc4C3=O)ccc21. The van der Waals surface area contributed by atoms with Gasteiger partial charge in [-0.1, -0.05) is 62.2 Å². The van der Waals surface area contributed by atoms with Crippen molar-refractivity contribution in [2.75, 3.05) is 9.80 Å². The minimum absolute atomic E-state index is 0.182. The summed E-state index contributed by atoms with van der Waals surface area (Å²) in [5, 5.41) is 0.792. The van der Waals surface area contributed by atoms with E-state index in [-0.39, 0.29) is 22.8 Å². The molecule has 0 bridgehead atoms. The molecule has 0 fully saturated rings. The highest BCUT2D eigenvalue weighted by atomic mass is 35.5. The Kier molecular flexibility index (Phi) is 5.62. The van der Waals surface area contributed by atoms with Gasteiger partial charge in [0.15, 0.2) is 0 Å². The maximum Gasteiger partial charge on any atom is 0.266 e. The number of carbonyl (C=O) groups excluding carboxylic acids is 4. The minimum atomic E-state index is -0.467. The number of benzene rings is 4. The van der Waals surface area contributed by atoms with Crippen LogP contribution in [0, 0.1) is 0 Å². The first-order valence-corrected chi connectivity index (χ1v) is 14.3. The molecule has 1 aliphatic carbocycles. The van der Waals surface area contributed by atoms with Crippen LogP contribution in [0.1, 0.15) is 85.3 Å². The number of amides is 4. The van der Waals surface area contributed by atoms with Gasteiger partial charge < -0.3 is 0 Å². The number of anilines is 2. The zero-order valence-corrected chi connectivity index (χ0v) is 24.5. The highest BCUT2D eigenvalue weighted by Crippen LogP contribution is 2.54. The third kappa shape index (κ3) is 3.65. The van der Waals surface area contributed by atoms with Gasteiger partial charge in [0.1, 0.15) is 0 Å². The van der Waals surface area contributed by atoms with Crippen LogP contribution < -0.4 is 9.80 Å². The summed E-state index contributed by atoms with van der Waals surface area (Å²) < 4.78 is 0. The molecule has 1 atom stereocenters. The van der Waals surface area contributed by atoms with Crippen molar-refractivity contribution in [3.63, 3.8) is 0 Å². The first-order chi connectivity index (χ1) is 19.9. The maximum atomic E-state index is 13.3. The molecule has 42 heavy (non-hydrogen) atoms. The quantitative estimate of drug-likeness (QED) is 0.229. The van der Waals surface area contributed by atoms with Crippen LogP contribution in [0.5, 0.6) is 0 Å². The van der Waals surface area contributed by atoms with E-state index in [1.807, 2.05) is 30.3 Å². The lowest BCUT2D eigenvalue weighted by Gasteiger charge is -2.29. The second-order valence-electron chi connectivity index (χ2n) is 11.9. The molecule has 0 spiro atoms. The van der Waals surface area contributed by atoms with Gasteiger partial charge in [0.2, 0.25) is 0 Å². The molecule has 0 saturated carbocycles. The predicted octanol–water partition coefficient (Wildman–Crippen LogP) is 7.58. The molecule has 0 N–H and O–H groups in total. The number of fused-ring (bicyclic) bond motifs is 3. The Labute approximate surface area is 252 Å². The third-order valence-corrected chi connectivity index (χ3v) is 9.31. The topological polar surface area (TPSA) is 74.8 Å². The van der Waals surface area contributed by atoms with E-state index < -0.39 is 17.2 Å². The third-order valence-electron chi connectivity index (χ3n) is 8.84. The molecular weight excluding hydrogens is 571 g/mol. The average molecular weight is 595 g/mol. The van der Waals surface area contributed by atoms with Crippen molar-refractivity contribution >= 4 is 58.2 Å². The second-order valence-corrected chi connectivity index (χ2v) is 12.8. The number of halogens is 2. The fraction of sp³-hybridized carbons (Fsp3) is 0.176. The van der Waals surface area contributed by atoms with Gasteiger partial charge in [-0.2, -0.15) is 0 Å². The van der Waals surface area contributed by atoms with Crippen LogP contribution in [-0.2, 0) is 10.8 Å². The Bertz CT molecular complexity index is 1910. The largest absolute Gasteiger partial charge is 0.268 e. The summed E-state index contributed by atoms with van der Waals surface area (Å²) >= 11 is 12.2. The monoisotopic (exact) mass is 594 g/mol. The fourth-order valence-corrected chi connectivity index (χ4v) is 7.27. The van der Waals surface area contributed by atoms with Gasteiger partial charge in [0.25, 0.3) is 23.6 Å². The van der Waals surface area contributed by atoms with E-state index >= 15 is 0 Å². The normalized spacial score (nSPS) is 20.3. The number of carbonyl (C=O) groups is 4. The average Bonchev–Trinajstić information content (AvgIpc) is 3.44. The van der Waals surface area contributed by atoms with Gasteiger partial charge in [0, 0.05) is 15.5 Å². The summed E-state index contributed by atoms with van der Waals surface area (Å²) in [4.78, 5) is 55.2. The van der Waals surface area contributed by atoms with E-state index in [0.29, 0.717) is 38.1 Å². The van der Waals surface area contributed by atoms with Crippen LogP contribution >= 0.6 is 23.2 Å². The minimum Gasteiger partial charge on any atom is -0.268 e. The number of imide groups is 2. The highest BCUT2D eigenvalue weighted by Gasteiger charge is 2.47. The van der Waals surface area contributed by atoms with Gasteiger partial charge in [-0.15, -0.1) is 0 Å². The molecule has 3 aliphatic rings. The van der Waals surface area contributed by atoms with Crippen molar-refractivity contribution in [3.8, 4) is 0 Å². The molecule has 4 aromatic rings. The number of nitrogens with zero attached hydrogens (tertiary/aromatic N) is 2. The molecule has 0 saturated heterocycles. The Hall–Kier alpha value is -4.26. The van der Waals surface area contributed by atoms with E-state index in [9.17, 15) is 19.2 Å². The molecule has 0 aromatic heterocycles. The smallest absolute Gasteiger partial charge is 0.266 e. The van der Waals surface area contributed by atoms with Gasteiger partial charge in [-0.3, -0.25) is 19.2 Å². The molecule has 8 heteroatoms. The van der Waals surface area contributed by atoms with Gasteiger partial charge >= 0.3 is 0 Å². The molecule has 6 nitrogen and oxygen atoms in total. The van der Waals surface area contributed by atoms with Crippen LogP contribution in [0.25, 0.3) is 0 Å². The summed E-state index contributed by atoms with van der Waals surface area (Å²) in [5.74, 6) is -1.57. The Morgan fingerprint density at radius 1 is 0.548 bits per heavy atom. The Balaban J connectivity index is 1.26. The summed E-state index contributed by atoms with van der Waals surface area (Å²) in [6.07, 6.45) is 0.779. The highest BCUT2D eigenvalue weighted by molar-refractivity contribution is 6.37. The molecule has 2 aliphatic heterocycles. The zero-order valence-electron chi connectivity index (χ0n) is 23.0. The Morgan fingerprint density at radius 2 is 1.02 bits per heavy atom. The van der Waals surface area contributed by atoms with Gasteiger partial charge in [-0.05, 0) is 89.2 Å². The van der Waals surface area contributed by atoms with Crippen molar-refractivity contribution in [2.24, 2.45) is 0 Å². The molecule has 4 aromatic carbocycles. The molecule has 208 valence electrons. The number of hydrogen-bond acceptors (Lipinski definition) is 4. The van der Waals surface area contributed by atoms with Crippen molar-refractivity contribution < 1.29 is 19.2 Å². The first-order valence-electron chi connectivity index (χ1n) is 13.5. The molecule has 4 amide bonds. The molecule has 0 radical (unpaired) electrons. The maximum absolute atomic E-state index is 13.3. The molecule has 1 unspecified atom stereocenters. The van der Waals surface area contributed by atoms with Crippen LogP contribution in [0.3, 0.4) is 0 Å². The van der Waals surface area contributed by atoms with E-state index in [4.69, 9.17) is 23.2 Å². The van der Waals surface area contributed by atoms with Crippen LogP contribution in [0.4, 0.5) is 11.4 Å². The lowest BCUT2D eigenvalue weighted by molar-refractivity contribution is 0.0910. The van der Waals surface area contributed by atoms with Crippen molar-refractivity contribution in [1.82, 2.24) is 0 Å². The van der Waals surface area contributed by atoms with E-state index in [0.717, 1.165) is 23.1 Å². The summed E-state index contributed by atoms with van der Waals surface area (Å²) in [6, 6.07) is 22.6. The second kappa shape index (κ2) is 8.87. The van der Waals surface area contributed by atoms with E-state index in [2.05, 4.69) is 20.8 Å². The van der Waals surface area contributed by atoms with E-state index in [1.165, 1.54) is 21.9 Å². The molecular formula is C34H24Cl2N2O4. The first kappa shape index (κ1) is 26.6. The number of rotatable bonds is 3. The summed E-state index contributed by atoms with van der Waals surface area (Å²) in [5.41, 5.74) is 4.71. The summed E-state index contributed by atoms with van der Waals surface area (Å²) in [7, 11) is 0. The predicted molar refractivity (Wildman–Crippen MR) is 162 cm³/mol. The zero-order chi connectivity index (χ0) is 29.7. The van der Waals surface area contributed by atoms with Gasteiger partial charge in [-0.25, -0.2) is 9.80 Å². The standard InChI is InChI=1S/C34H24Cl2N2O4/c1-33(2)17-34(3,18-4-8-21(9-5-18)37-29(39)23-11-6-19(35)14-25(23)31(37)41)28-16-22(10-13-27(28)33)38-30(40)24-12-7-20(36)15-26(24)32(38)42/h4-16H,17H2,1-3H3. The lowest BCUT2D eigenvalue weighted by Crippen LogP contribution is -2.30. The summed E-state index contributed by atoms with van der Waals surface area (Å²) in [6.45, 7) is 6.50. The lowest BCUT2D eigenvalue weighted by atomic mass is 9.75. The van der Waals surface area contributed by atoms with Crippen molar-refractivity contribution in [2.45, 2.75) is 38.0 Å².